The van der Waals surface area contributed by atoms with E-state index in [1.165, 1.54) is 0 Å². The zero-order chi connectivity index (χ0) is 15.8. The third-order valence-electron chi connectivity index (χ3n) is 4.54. The molecule has 2 aliphatic rings. The molecule has 6 heteroatoms. The zero-order valence-electron chi connectivity index (χ0n) is 13.3. The minimum Gasteiger partial charge on any atom is -0.332 e. The van der Waals surface area contributed by atoms with Crippen LogP contribution in [0.5, 0.6) is 0 Å². The lowest BCUT2D eigenvalue weighted by molar-refractivity contribution is -0.119. The van der Waals surface area contributed by atoms with Gasteiger partial charge in [0.25, 0.3) is 0 Å². The van der Waals surface area contributed by atoms with Gasteiger partial charge >= 0.3 is 6.03 Å². The van der Waals surface area contributed by atoms with E-state index in [2.05, 4.69) is 10.6 Å². The maximum atomic E-state index is 11.8. The lowest BCUT2D eigenvalue weighted by Crippen LogP contribution is -2.36. The lowest BCUT2D eigenvalue weighted by atomic mass is 10.0. The number of rotatable bonds is 11. The molecule has 5 nitrogen and oxygen atoms in total. The average Bonchev–Trinajstić information content (AvgIpc) is 3.03. The van der Waals surface area contributed by atoms with Crippen LogP contribution in [0.2, 0.25) is 0 Å². The summed E-state index contributed by atoms with van der Waals surface area (Å²) in [7, 11) is 0. The fourth-order valence-electron chi connectivity index (χ4n) is 3.26. The van der Waals surface area contributed by atoms with E-state index in [-0.39, 0.29) is 12.1 Å². The van der Waals surface area contributed by atoms with Gasteiger partial charge in [-0.1, -0.05) is 19.3 Å². The Balaban J connectivity index is 1.49. The molecule has 0 aromatic rings. The molecule has 2 amide bonds. The van der Waals surface area contributed by atoms with Gasteiger partial charge < -0.3 is 16.4 Å². The molecule has 2 rings (SSSR count). The van der Waals surface area contributed by atoms with Gasteiger partial charge in [0, 0.05) is 23.8 Å². The number of hydrogen-bond donors (Lipinski definition) is 3. The number of fused-ring (bicyclic) bond motifs is 1. The van der Waals surface area contributed by atoms with Gasteiger partial charge in [-0.05, 0) is 32.2 Å². The van der Waals surface area contributed by atoms with Crippen molar-refractivity contribution in [3.05, 3.63) is 0 Å². The number of nitrogens with two attached hydrogens (primary N) is 1. The van der Waals surface area contributed by atoms with Crippen molar-refractivity contribution in [2.75, 3.05) is 12.3 Å². The smallest absolute Gasteiger partial charge is 0.315 e. The van der Waals surface area contributed by atoms with E-state index in [0.29, 0.717) is 23.5 Å². The Bertz CT molecular complexity index is 378. The Labute approximate surface area is 137 Å². The summed E-state index contributed by atoms with van der Waals surface area (Å²) < 4.78 is 0. The van der Waals surface area contributed by atoms with E-state index >= 15 is 0 Å². The molecular formula is C16H29N3O2S. The van der Waals surface area contributed by atoms with Crippen LogP contribution in [0.4, 0.5) is 4.79 Å². The topological polar surface area (TPSA) is 84.2 Å². The van der Waals surface area contributed by atoms with Gasteiger partial charge in [0.2, 0.25) is 0 Å². The van der Waals surface area contributed by atoms with Gasteiger partial charge in [-0.2, -0.15) is 11.8 Å². The van der Waals surface area contributed by atoms with Gasteiger partial charge in [-0.3, -0.25) is 4.79 Å². The Hall–Kier alpha value is -0.750. The number of hydrogen-bond acceptors (Lipinski definition) is 4. The van der Waals surface area contributed by atoms with Crippen molar-refractivity contribution < 1.29 is 9.59 Å². The number of carbonyl (C=O) groups excluding carboxylic acids is 2. The summed E-state index contributed by atoms with van der Waals surface area (Å²) in [5.41, 5.74) is 5.45. The van der Waals surface area contributed by atoms with Crippen molar-refractivity contribution in [2.24, 2.45) is 5.73 Å². The highest BCUT2D eigenvalue weighted by atomic mass is 32.2. The molecule has 22 heavy (non-hydrogen) atoms. The molecule has 0 saturated carbocycles. The van der Waals surface area contributed by atoms with Crippen molar-refractivity contribution >= 4 is 23.6 Å². The van der Waals surface area contributed by atoms with Crippen LogP contribution in [0, 0.1) is 0 Å². The highest BCUT2D eigenvalue weighted by Gasteiger charge is 2.42. The molecule has 2 saturated heterocycles. The SMILES string of the molecule is NCCCCCCC(=O)CCCCC1SCC2NC(=O)NC21. The number of carbonyl (C=O) groups is 2. The molecule has 0 bridgehead atoms. The van der Waals surface area contributed by atoms with Gasteiger partial charge in [0.15, 0.2) is 0 Å². The second-order valence-electron chi connectivity index (χ2n) is 6.36. The van der Waals surface area contributed by atoms with E-state index in [9.17, 15) is 9.59 Å². The van der Waals surface area contributed by atoms with Crippen molar-refractivity contribution in [3.63, 3.8) is 0 Å². The maximum absolute atomic E-state index is 11.8. The second-order valence-corrected chi connectivity index (χ2v) is 7.63. The monoisotopic (exact) mass is 327 g/mol. The number of urea groups is 1. The molecule has 3 unspecified atom stereocenters. The van der Waals surface area contributed by atoms with E-state index in [0.717, 1.165) is 63.7 Å². The van der Waals surface area contributed by atoms with Crippen LogP contribution in [0.15, 0.2) is 0 Å². The van der Waals surface area contributed by atoms with E-state index in [4.69, 9.17) is 5.73 Å². The molecule has 2 fully saturated rings. The largest absolute Gasteiger partial charge is 0.332 e. The van der Waals surface area contributed by atoms with E-state index in [1.807, 2.05) is 11.8 Å². The molecule has 0 spiro atoms. The summed E-state index contributed by atoms with van der Waals surface area (Å²) in [6.45, 7) is 0.755. The zero-order valence-corrected chi connectivity index (χ0v) is 14.1. The molecule has 126 valence electrons. The van der Waals surface area contributed by atoms with Crippen LogP contribution in [0.3, 0.4) is 0 Å². The summed E-state index contributed by atoms with van der Waals surface area (Å²) in [6, 6.07) is 0.568. The third-order valence-corrected chi connectivity index (χ3v) is 6.05. The molecular weight excluding hydrogens is 298 g/mol. The minimum absolute atomic E-state index is 0.0230. The number of amides is 2. The molecule has 2 aliphatic heterocycles. The predicted octanol–water partition coefficient (Wildman–Crippen LogP) is 2.19. The number of unbranched alkanes of at least 4 members (excludes halogenated alkanes) is 4. The van der Waals surface area contributed by atoms with Crippen LogP contribution in [-0.2, 0) is 4.79 Å². The number of thioether (sulfide) groups is 1. The number of nitrogens with one attached hydrogen (secondary N) is 2. The fraction of sp³-hybridized carbons (Fsp3) is 0.875. The molecule has 4 N–H and O–H groups in total. The van der Waals surface area contributed by atoms with Crippen molar-refractivity contribution in [1.29, 1.82) is 0 Å². The molecule has 0 aromatic heterocycles. The fourth-order valence-corrected chi connectivity index (χ4v) is 4.80. The quantitative estimate of drug-likeness (QED) is 0.401. The first-order chi connectivity index (χ1) is 10.7. The van der Waals surface area contributed by atoms with Crippen LogP contribution < -0.4 is 16.4 Å². The number of Topliss-reactive ketones (excluding diaryl/α,β-unsaturated/α-hetero) is 1. The van der Waals surface area contributed by atoms with Crippen LogP contribution >= 0.6 is 11.8 Å². The maximum Gasteiger partial charge on any atom is 0.315 e. The van der Waals surface area contributed by atoms with Crippen LogP contribution in [-0.4, -0.2) is 41.4 Å². The minimum atomic E-state index is -0.0230. The molecule has 0 aromatic carbocycles. The Kier molecular flexibility index (Phi) is 7.52. The highest BCUT2D eigenvalue weighted by molar-refractivity contribution is 8.00. The van der Waals surface area contributed by atoms with E-state index in [1.54, 1.807) is 0 Å². The first kappa shape index (κ1) is 17.6. The van der Waals surface area contributed by atoms with Crippen molar-refractivity contribution in [1.82, 2.24) is 10.6 Å². The normalized spacial score (nSPS) is 26.6. The predicted molar refractivity (Wildman–Crippen MR) is 91.1 cm³/mol. The van der Waals surface area contributed by atoms with Gasteiger partial charge in [0.05, 0.1) is 12.1 Å². The Morgan fingerprint density at radius 1 is 1.09 bits per heavy atom. The summed E-state index contributed by atoms with van der Waals surface area (Å²) in [5.74, 6) is 1.41. The second kappa shape index (κ2) is 9.40. The first-order valence-corrected chi connectivity index (χ1v) is 9.66. The first-order valence-electron chi connectivity index (χ1n) is 8.61. The number of ketones is 1. The van der Waals surface area contributed by atoms with Crippen molar-refractivity contribution in [2.45, 2.75) is 75.1 Å². The van der Waals surface area contributed by atoms with Gasteiger partial charge in [-0.15, -0.1) is 0 Å². The van der Waals surface area contributed by atoms with E-state index < -0.39 is 0 Å². The van der Waals surface area contributed by atoms with Gasteiger partial charge in [-0.25, -0.2) is 4.79 Å². The standard InChI is InChI=1S/C16H29N3O2S/c17-10-6-2-1-3-7-12(20)8-4-5-9-14-15-13(11-22-14)18-16(21)19-15/h13-15H,1-11,17H2,(H2,18,19,21). The van der Waals surface area contributed by atoms with Crippen molar-refractivity contribution in [3.8, 4) is 0 Å². The third kappa shape index (κ3) is 5.47. The molecule has 3 atom stereocenters. The molecule has 2 heterocycles. The summed E-state index contributed by atoms with van der Waals surface area (Å²) in [4.78, 5) is 23.1. The lowest BCUT2D eigenvalue weighted by Gasteiger charge is -2.16. The highest BCUT2D eigenvalue weighted by Crippen LogP contribution is 2.33. The molecule has 0 radical (unpaired) electrons. The summed E-state index contributed by atoms with van der Waals surface area (Å²) >= 11 is 1.94. The summed E-state index contributed by atoms with van der Waals surface area (Å²) in [5, 5.41) is 6.48. The average molecular weight is 327 g/mol. The molecule has 0 aliphatic carbocycles. The van der Waals surface area contributed by atoms with Crippen LogP contribution in [0.25, 0.3) is 0 Å². The Morgan fingerprint density at radius 3 is 2.59 bits per heavy atom. The van der Waals surface area contributed by atoms with Gasteiger partial charge in [0.1, 0.15) is 5.78 Å². The van der Waals surface area contributed by atoms with Crippen LogP contribution in [0.1, 0.15) is 57.8 Å². The summed E-state index contributed by atoms with van der Waals surface area (Å²) in [6.07, 6.45) is 8.95. The Morgan fingerprint density at radius 2 is 1.82 bits per heavy atom.